The van der Waals surface area contributed by atoms with Crippen LogP contribution in [0, 0.1) is 11.7 Å². The van der Waals surface area contributed by atoms with Crippen molar-refractivity contribution in [3.63, 3.8) is 0 Å². The second-order valence-corrected chi connectivity index (χ2v) is 5.09. The molecule has 0 bridgehead atoms. The fraction of sp³-hybridized carbons (Fsp3) is 0.400. The van der Waals surface area contributed by atoms with Crippen molar-refractivity contribution in [2.45, 2.75) is 12.8 Å². The lowest BCUT2D eigenvalue weighted by Gasteiger charge is -2.13. The van der Waals surface area contributed by atoms with Gasteiger partial charge in [-0.15, -0.1) is 0 Å². The van der Waals surface area contributed by atoms with Gasteiger partial charge in [0.15, 0.2) is 5.78 Å². The minimum Gasteiger partial charge on any atom is -0.309 e. The Labute approximate surface area is 107 Å². The largest absolute Gasteiger partial charge is 0.309 e. The number of hydrogen-bond donors (Lipinski definition) is 0. The third kappa shape index (κ3) is 3.05. The maximum absolute atomic E-state index is 13.1. The molecule has 1 aliphatic carbocycles. The number of halogens is 1. The second-order valence-electron chi connectivity index (χ2n) is 5.09. The van der Waals surface area contributed by atoms with Crippen LogP contribution in [0.15, 0.2) is 29.8 Å². The lowest BCUT2D eigenvalue weighted by Crippen LogP contribution is -2.24. The van der Waals surface area contributed by atoms with E-state index in [-0.39, 0.29) is 17.5 Å². The maximum atomic E-state index is 13.1. The zero-order valence-electron chi connectivity index (χ0n) is 10.8. The van der Waals surface area contributed by atoms with Gasteiger partial charge in [-0.1, -0.05) is 12.1 Å². The summed E-state index contributed by atoms with van der Waals surface area (Å²) in [7, 11) is 3.95. The molecule has 1 saturated carbocycles. The minimum atomic E-state index is -0.264. The molecule has 0 aliphatic heterocycles. The number of hydrogen-bond acceptors (Lipinski definition) is 2. The third-order valence-corrected chi connectivity index (χ3v) is 3.22. The molecule has 0 radical (unpaired) electrons. The first-order valence-corrected chi connectivity index (χ1v) is 6.21. The van der Waals surface area contributed by atoms with Crippen LogP contribution in [0.5, 0.6) is 0 Å². The van der Waals surface area contributed by atoms with Crippen LogP contribution in [-0.4, -0.2) is 31.3 Å². The summed E-state index contributed by atoms with van der Waals surface area (Å²) in [6.45, 7) is 0.791. The van der Waals surface area contributed by atoms with Gasteiger partial charge in [0.1, 0.15) is 5.82 Å². The number of nitrogens with zero attached hydrogens (tertiary/aromatic N) is 1. The van der Waals surface area contributed by atoms with Gasteiger partial charge in [0, 0.05) is 12.5 Å². The highest BCUT2D eigenvalue weighted by Gasteiger charge is 2.29. The van der Waals surface area contributed by atoms with E-state index in [0.717, 1.165) is 30.5 Å². The van der Waals surface area contributed by atoms with Gasteiger partial charge < -0.3 is 4.90 Å². The van der Waals surface area contributed by atoms with Gasteiger partial charge in [0.05, 0.1) is 0 Å². The van der Waals surface area contributed by atoms with E-state index in [4.69, 9.17) is 0 Å². The molecular weight excluding hydrogens is 229 g/mol. The molecule has 96 valence electrons. The minimum absolute atomic E-state index is 0.0970. The molecular formula is C15H18FNO. The van der Waals surface area contributed by atoms with Crippen molar-refractivity contribution in [2.24, 2.45) is 5.92 Å². The van der Waals surface area contributed by atoms with Crippen LogP contribution < -0.4 is 0 Å². The molecule has 0 heterocycles. The van der Waals surface area contributed by atoms with Crippen molar-refractivity contribution in [3.8, 4) is 0 Å². The van der Waals surface area contributed by atoms with Crippen LogP contribution in [0.3, 0.4) is 0 Å². The van der Waals surface area contributed by atoms with E-state index in [1.165, 1.54) is 12.1 Å². The van der Waals surface area contributed by atoms with Crippen LogP contribution >= 0.6 is 0 Å². The number of benzene rings is 1. The van der Waals surface area contributed by atoms with E-state index in [1.54, 1.807) is 6.07 Å². The zero-order valence-corrected chi connectivity index (χ0v) is 10.8. The summed E-state index contributed by atoms with van der Waals surface area (Å²) in [4.78, 5) is 14.2. The molecule has 1 aliphatic rings. The molecule has 0 amide bonds. The molecule has 1 aromatic carbocycles. The van der Waals surface area contributed by atoms with Gasteiger partial charge in [-0.3, -0.25) is 4.79 Å². The van der Waals surface area contributed by atoms with Crippen LogP contribution in [0.25, 0.3) is 6.08 Å². The Bertz CT molecular complexity index is 479. The molecule has 1 atom stereocenters. The molecule has 0 N–H and O–H groups in total. The Morgan fingerprint density at radius 3 is 2.89 bits per heavy atom. The highest BCUT2D eigenvalue weighted by molar-refractivity contribution is 6.03. The van der Waals surface area contributed by atoms with Gasteiger partial charge >= 0.3 is 0 Å². The van der Waals surface area contributed by atoms with Crippen LogP contribution in [0.4, 0.5) is 4.39 Å². The SMILES string of the molecule is CN(C)CC1CC/C(=C\c2cccc(F)c2)C1=O. The Balaban J connectivity index is 2.13. The van der Waals surface area contributed by atoms with Crippen LogP contribution in [-0.2, 0) is 4.79 Å². The quantitative estimate of drug-likeness (QED) is 0.765. The van der Waals surface area contributed by atoms with E-state index in [2.05, 4.69) is 0 Å². The second kappa shape index (κ2) is 5.44. The highest BCUT2D eigenvalue weighted by atomic mass is 19.1. The van der Waals surface area contributed by atoms with Crippen molar-refractivity contribution in [1.29, 1.82) is 0 Å². The summed E-state index contributed by atoms with van der Waals surface area (Å²) in [5, 5.41) is 0. The monoisotopic (exact) mass is 247 g/mol. The number of carbonyl (C=O) groups is 1. The summed E-state index contributed by atoms with van der Waals surface area (Å²) in [6, 6.07) is 6.36. The van der Waals surface area contributed by atoms with E-state index in [1.807, 2.05) is 31.1 Å². The van der Waals surface area contributed by atoms with Gasteiger partial charge in [-0.2, -0.15) is 0 Å². The normalized spacial score (nSPS) is 22.1. The Morgan fingerprint density at radius 2 is 2.22 bits per heavy atom. The molecule has 1 fully saturated rings. The molecule has 0 aromatic heterocycles. The molecule has 0 spiro atoms. The standard InChI is InChI=1S/C15H18FNO/c1-17(2)10-13-7-6-12(15(13)18)8-11-4-3-5-14(16)9-11/h3-5,8-9,13H,6-7,10H2,1-2H3/b12-8+. The number of carbonyl (C=O) groups excluding carboxylic acids is 1. The summed E-state index contributed by atoms with van der Waals surface area (Å²) >= 11 is 0. The van der Waals surface area contributed by atoms with Gasteiger partial charge in [-0.05, 0) is 56.3 Å². The van der Waals surface area contributed by atoms with Crippen molar-refractivity contribution in [3.05, 3.63) is 41.2 Å². The molecule has 2 nitrogen and oxygen atoms in total. The fourth-order valence-corrected chi connectivity index (χ4v) is 2.40. The summed E-state index contributed by atoms with van der Waals surface area (Å²) in [6.07, 6.45) is 3.52. The smallest absolute Gasteiger partial charge is 0.163 e. The Kier molecular flexibility index (Phi) is 3.92. The predicted molar refractivity (Wildman–Crippen MR) is 70.7 cm³/mol. The van der Waals surface area contributed by atoms with E-state index in [9.17, 15) is 9.18 Å². The molecule has 3 heteroatoms. The van der Waals surface area contributed by atoms with E-state index in [0.29, 0.717) is 0 Å². The van der Waals surface area contributed by atoms with Crippen LogP contribution in [0.1, 0.15) is 18.4 Å². The fourth-order valence-electron chi connectivity index (χ4n) is 2.40. The number of allylic oxidation sites excluding steroid dienone is 1. The first-order valence-electron chi connectivity index (χ1n) is 6.21. The maximum Gasteiger partial charge on any atom is 0.163 e. The summed E-state index contributed by atoms with van der Waals surface area (Å²) in [5.74, 6) is 0.0485. The topological polar surface area (TPSA) is 20.3 Å². The van der Waals surface area contributed by atoms with Gasteiger partial charge in [0.25, 0.3) is 0 Å². The van der Waals surface area contributed by atoms with Crippen molar-refractivity contribution in [2.75, 3.05) is 20.6 Å². The van der Waals surface area contributed by atoms with E-state index >= 15 is 0 Å². The van der Waals surface area contributed by atoms with E-state index < -0.39 is 0 Å². The lowest BCUT2D eigenvalue weighted by atomic mass is 10.0. The van der Waals surface area contributed by atoms with Crippen molar-refractivity contribution < 1.29 is 9.18 Å². The van der Waals surface area contributed by atoms with Gasteiger partial charge in [-0.25, -0.2) is 4.39 Å². The molecule has 1 aromatic rings. The first-order chi connectivity index (χ1) is 8.56. The zero-order chi connectivity index (χ0) is 13.1. The molecule has 0 saturated heterocycles. The Morgan fingerprint density at radius 1 is 1.44 bits per heavy atom. The average molecular weight is 247 g/mol. The Hall–Kier alpha value is -1.48. The number of ketones is 1. The number of Topliss-reactive ketones (excluding diaryl/α,β-unsaturated/α-hetero) is 1. The molecule has 1 unspecified atom stereocenters. The average Bonchev–Trinajstić information content (AvgIpc) is 2.61. The molecule has 2 rings (SSSR count). The third-order valence-electron chi connectivity index (χ3n) is 3.22. The van der Waals surface area contributed by atoms with Crippen LogP contribution in [0.2, 0.25) is 0 Å². The van der Waals surface area contributed by atoms with Crippen molar-refractivity contribution in [1.82, 2.24) is 4.90 Å². The summed E-state index contributed by atoms with van der Waals surface area (Å²) in [5.41, 5.74) is 1.59. The first kappa shape index (κ1) is 13.0. The molecule has 18 heavy (non-hydrogen) atoms. The highest BCUT2D eigenvalue weighted by Crippen LogP contribution is 2.28. The van der Waals surface area contributed by atoms with Crippen molar-refractivity contribution >= 4 is 11.9 Å². The lowest BCUT2D eigenvalue weighted by molar-refractivity contribution is -0.118. The predicted octanol–water partition coefficient (Wildman–Crippen LogP) is 2.75. The number of rotatable bonds is 3. The summed E-state index contributed by atoms with van der Waals surface area (Å²) < 4.78 is 13.1. The van der Waals surface area contributed by atoms with Gasteiger partial charge in [0.2, 0.25) is 0 Å².